The van der Waals surface area contributed by atoms with E-state index in [1.165, 1.54) is 12.8 Å². The molecule has 1 aromatic heterocycles. The maximum atomic E-state index is 5.20. The highest BCUT2D eigenvalue weighted by molar-refractivity contribution is 7.09. The molecule has 0 radical (unpaired) electrons. The molecule has 0 spiro atoms. The van der Waals surface area contributed by atoms with Crippen molar-refractivity contribution < 1.29 is 4.74 Å². The smallest absolute Gasteiger partial charge is 0.193 e. The normalized spacial score (nSPS) is 16.9. The van der Waals surface area contributed by atoms with Crippen LogP contribution in [0.5, 0.6) is 0 Å². The second-order valence-corrected chi connectivity index (χ2v) is 6.92. The Morgan fingerprint density at radius 2 is 2.33 bits per heavy atom. The Balaban J connectivity index is 1.82. The van der Waals surface area contributed by atoms with Crippen molar-refractivity contribution in [3.05, 3.63) is 16.1 Å². The quantitative estimate of drug-likeness (QED) is 0.620. The average molecular weight is 310 g/mol. The van der Waals surface area contributed by atoms with Gasteiger partial charge in [0.1, 0.15) is 0 Å². The lowest BCUT2D eigenvalue weighted by Crippen LogP contribution is -2.41. The monoisotopic (exact) mass is 310 g/mol. The highest BCUT2D eigenvalue weighted by Gasteiger charge is 2.42. The van der Waals surface area contributed by atoms with Gasteiger partial charge in [0.05, 0.1) is 17.2 Å². The Bertz CT molecular complexity index is 482. The molecule has 2 rings (SSSR count). The number of rotatable bonds is 7. The molecule has 1 N–H and O–H groups in total. The van der Waals surface area contributed by atoms with Crippen LogP contribution < -0.4 is 5.32 Å². The first-order valence-corrected chi connectivity index (χ1v) is 8.28. The van der Waals surface area contributed by atoms with Gasteiger partial charge in [-0.3, -0.25) is 4.99 Å². The van der Waals surface area contributed by atoms with E-state index < -0.39 is 0 Å². The van der Waals surface area contributed by atoms with Gasteiger partial charge >= 0.3 is 0 Å². The van der Waals surface area contributed by atoms with E-state index in [0.717, 1.165) is 42.8 Å². The molecule has 5 nitrogen and oxygen atoms in total. The fourth-order valence-electron chi connectivity index (χ4n) is 2.46. The summed E-state index contributed by atoms with van der Waals surface area (Å²) in [5.41, 5.74) is 1.52. The van der Waals surface area contributed by atoms with Crippen molar-refractivity contribution in [2.45, 2.75) is 32.7 Å². The Kier molecular flexibility index (Phi) is 5.58. The molecule has 0 atom stereocenters. The Hall–Kier alpha value is -1.14. The first-order valence-electron chi connectivity index (χ1n) is 7.40. The second kappa shape index (κ2) is 7.22. The molecule has 0 unspecified atom stereocenters. The van der Waals surface area contributed by atoms with E-state index in [1.54, 1.807) is 18.4 Å². The van der Waals surface area contributed by atoms with Gasteiger partial charge in [0, 0.05) is 39.7 Å². The van der Waals surface area contributed by atoms with Crippen LogP contribution in [0.4, 0.5) is 0 Å². The number of guanidine groups is 1. The fourth-order valence-corrected chi connectivity index (χ4v) is 3.06. The van der Waals surface area contributed by atoms with E-state index >= 15 is 0 Å². The number of hydrogen-bond acceptors (Lipinski definition) is 4. The summed E-state index contributed by atoms with van der Waals surface area (Å²) in [6, 6.07) is 0. The van der Waals surface area contributed by atoms with Crippen LogP contribution >= 0.6 is 11.3 Å². The molecule has 1 aromatic rings. The van der Waals surface area contributed by atoms with Crippen molar-refractivity contribution in [2.75, 3.05) is 34.4 Å². The van der Waals surface area contributed by atoms with Gasteiger partial charge in [0.15, 0.2) is 5.96 Å². The molecular weight excluding hydrogens is 284 g/mol. The maximum Gasteiger partial charge on any atom is 0.193 e. The summed E-state index contributed by atoms with van der Waals surface area (Å²) in [5, 5.41) is 6.72. The van der Waals surface area contributed by atoms with Crippen molar-refractivity contribution in [2.24, 2.45) is 10.4 Å². The summed E-state index contributed by atoms with van der Waals surface area (Å²) in [4.78, 5) is 11.0. The number of aliphatic imine (C=N–C) groups is 1. The van der Waals surface area contributed by atoms with Crippen LogP contribution in [0.15, 0.2) is 10.4 Å². The maximum absolute atomic E-state index is 5.20. The molecule has 118 valence electrons. The number of thiazole rings is 1. The summed E-state index contributed by atoms with van der Waals surface area (Å²) in [6.45, 7) is 4.64. The van der Waals surface area contributed by atoms with Crippen molar-refractivity contribution in [3.63, 3.8) is 0 Å². The van der Waals surface area contributed by atoms with E-state index in [4.69, 9.17) is 4.74 Å². The van der Waals surface area contributed by atoms with E-state index in [-0.39, 0.29) is 0 Å². The minimum absolute atomic E-state index is 0.421. The lowest BCUT2D eigenvalue weighted by Gasteiger charge is -2.24. The molecule has 1 aliphatic carbocycles. The Labute approximate surface area is 131 Å². The minimum Gasteiger partial charge on any atom is -0.385 e. The number of hydrogen-bond donors (Lipinski definition) is 1. The number of aromatic nitrogens is 1. The molecule has 1 heterocycles. The first kappa shape index (κ1) is 16.2. The summed E-state index contributed by atoms with van der Waals surface area (Å²) < 4.78 is 5.20. The third kappa shape index (κ3) is 4.68. The van der Waals surface area contributed by atoms with Gasteiger partial charge in [-0.05, 0) is 31.6 Å². The summed E-state index contributed by atoms with van der Waals surface area (Å²) in [7, 11) is 5.66. The number of nitrogens with one attached hydrogen (secondary N) is 1. The van der Waals surface area contributed by atoms with E-state index in [2.05, 4.69) is 32.6 Å². The predicted octanol–water partition coefficient (Wildman–Crippen LogP) is 2.28. The number of aryl methyl sites for hydroxylation is 1. The van der Waals surface area contributed by atoms with Gasteiger partial charge in [0.2, 0.25) is 0 Å². The van der Waals surface area contributed by atoms with Crippen LogP contribution in [0.3, 0.4) is 0 Å². The van der Waals surface area contributed by atoms with Gasteiger partial charge in [-0.15, -0.1) is 11.3 Å². The average Bonchev–Trinajstić information content (AvgIpc) is 3.12. The molecule has 1 fully saturated rings. The zero-order valence-corrected chi connectivity index (χ0v) is 14.3. The second-order valence-electron chi connectivity index (χ2n) is 5.86. The van der Waals surface area contributed by atoms with Crippen LogP contribution in [-0.4, -0.2) is 50.2 Å². The van der Waals surface area contributed by atoms with Gasteiger partial charge in [-0.25, -0.2) is 4.98 Å². The van der Waals surface area contributed by atoms with Gasteiger partial charge < -0.3 is 15.0 Å². The largest absolute Gasteiger partial charge is 0.385 e. The van der Waals surface area contributed by atoms with Crippen LogP contribution in [0.2, 0.25) is 0 Å². The molecular formula is C15H26N4OS. The number of methoxy groups -OCH3 is 1. The molecule has 6 heteroatoms. The third-order valence-corrected chi connectivity index (χ3v) is 4.88. The summed E-state index contributed by atoms with van der Waals surface area (Å²) >= 11 is 1.69. The molecule has 0 aliphatic heterocycles. The van der Waals surface area contributed by atoms with Crippen molar-refractivity contribution >= 4 is 17.3 Å². The lowest BCUT2D eigenvalue weighted by molar-refractivity contribution is 0.172. The molecule has 0 saturated heterocycles. The zero-order chi connectivity index (χ0) is 15.3. The van der Waals surface area contributed by atoms with E-state index in [1.807, 2.05) is 14.0 Å². The Morgan fingerprint density at radius 3 is 2.86 bits per heavy atom. The summed E-state index contributed by atoms with van der Waals surface area (Å²) in [5.74, 6) is 0.935. The molecule has 21 heavy (non-hydrogen) atoms. The van der Waals surface area contributed by atoms with E-state index in [9.17, 15) is 0 Å². The zero-order valence-electron chi connectivity index (χ0n) is 13.5. The molecule has 1 aliphatic rings. The number of ether oxygens (including phenoxy) is 1. The molecule has 0 bridgehead atoms. The lowest BCUT2D eigenvalue weighted by atomic mass is 10.0. The van der Waals surface area contributed by atoms with Gasteiger partial charge in [-0.1, -0.05) is 0 Å². The highest BCUT2D eigenvalue weighted by atomic mass is 32.1. The standard InChI is InChI=1S/C15H26N4OS/c1-12-18-13(10-21-12)9-19(3)14(16-2)17-11-15(5-6-15)7-8-20-4/h10H,5-9,11H2,1-4H3,(H,16,17). The van der Waals surface area contributed by atoms with Crippen LogP contribution in [-0.2, 0) is 11.3 Å². The molecule has 1 saturated carbocycles. The molecule has 0 aromatic carbocycles. The van der Waals surface area contributed by atoms with Crippen LogP contribution in [0.25, 0.3) is 0 Å². The topological polar surface area (TPSA) is 49.8 Å². The minimum atomic E-state index is 0.421. The Morgan fingerprint density at radius 1 is 1.57 bits per heavy atom. The summed E-state index contributed by atoms with van der Waals surface area (Å²) in [6.07, 6.45) is 3.70. The van der Waals surface area contributed by atoms with Crippen molar-refractivity contribution in [1.29, 1.82) is 0 Å². The van der Waals surface area contributed by atoms with E-state index in [0.29, 0.717) is 5.41 Å². The van der Waals surface area contributed by atoms with Crippen molar-refractivity contribution in [1.82, 2.24) is 15.2 Å². The highest BCUT2D eigenvalue weighted by Crippen LogP contribution is 2.48. The first-order chi connectivity index (χ1) is 10.1. The van der Waals surface area contributed by atoms with Crippen LogP contribution in [0.1, 0.15) is 30.0 Å². The van der Waals surface area contributed by atoms with Gasteiger partial charge in [-0.2, -0.15) is 0 Å². The number of nitrogens with zero attached hydrogens (tertiary/aromatic N) is 3. The predicted molar refractivity (Wildman–Crippen MR) is 87.8 cm³/mol. The fraction of sp³-hybridized carbons (Fsp3) is 0.733. The SMILES string of the molecule is CN=C(NCC1(CCOC)CC1)N(C)Cc1csc(C)n1. The van der Waals surface area contributed by atoms with Gasteiger partial charge in [0.25, 0.3) is 0 Å². The van der Waals surface area contributed by atoms with Crippen LogP contribution in [0, 0.1) is 12.3 Å². The molecule has 0 amide bonds. The third-order valence-electron chi connectivity index (χ3n) is 4.05. The van der Waals surface area contributed by atoms with Crippen molar-refractivity contribution in [3.8, 4) is 0 Å².